The predicted octanol–water partition coefficient (Wildman–Crippen LogP) is 0.792. The summed E-state index contributed by atoms with van der Waals surface area (Å²) in [5.74, 6) is -1.05. The fraction of sp³-hybridized carbons (Fsp3) is 0.417. The Balaban J connectivity index is 2.85. The van der Waals surface area contributed by atoms with Crippen molar-refractivity contribution in [2.75, 3.05) is 14.2 Å². The van der Waals surface area contributed by atoms with E-state index in [9.17, 15) is 19.4 Å². The molecule has 100 valence electrons. The van der Waals surface area contributed by atoms with E-state index in [4.69, 9.17) is 4.74 Å². The average molecular weight is 258 g/mol. The molecule has 0 aliphatic carbocycles. The second-order valence-electron chi connectivity index (χ2n) is 3.72. The quantitative estimate of drug-likeness (QED) is 0.764. The number of rotatable bonds is 5. The van der Waals surface area contributed by atoms with Crippen molar-refractivity contribution in [3.63, 3.8) is 0 Å². The number of hydrogen-bond acceptors (Lipinski definition) is 5. The van der Waals surface area contributed by atoms with E-state index in [0.29, 0.717) is 0 Å². The summed E-state index contributed by atoms with van der Waals surface area (Å²) < 4.78 is 22.4. The maximum absolute atomic E-state index is 13.2. The molecule has 0 saturated carbocycles. The molecule has 1 aromatic rings. The molecule has 1 aromatic carbocycles. The molecular weight excluding hydrogens is 243 g/mol. The number of aliphatic hydroxyl groups is 2. The van der Waals surface area contributed by atoms with Crippen LogP contribution < -0.4 is 4.74 Å². The molecule has 0 saturated heterocycles. The first-order chi connectivity index (χ1) is 8.47. The van der Waals surface area contributed by atoms with Gasteiger partial charge in [0.15, 0.2) is 0 Å². The minimum Gasteiger partial charge on any atom is -0.497 e. The Kier molecular flexibility index (Phi) is 5.06. The maximum atomic E-state index is 13.2. The summed E-state index contributed by atoms with van der Waals surface area (Å²) in [6.45, 7) is 0. The zero-order chi connectivity index (χ0) is 13.7. The fourth-order valence-electron chi connectivity index (χ4n) is 1.46. The van der Waals surface area contributed by atoms with Crippen molar-refractivity contribution in [3.05, 3.63) is 29.6 Å². The maximum Gasteiger partial charge on any atom is 0.308 e. The van der Waals surface area contributed by atoms with Crippen LogP contribution in [0.15, 0.2) is 18.2 Å². The van der Waals surface area contributed by atoms with E-state index in [1.54, 1.807) is 0 Å². The third-order valence-electron chi connectivity index (χ3n) is 2.44. The van der Waals surface area contributed by atoms with Gasteiger partial charge in [-0.25, -0.2) is 4.39 Å². The molecule has 0 fully saturated rings. The molecule has 0 spiro atoms. The summed E-state index contributed by atoms with van der Waals surface area (Å²) in [4.78, 5) is 11.0. The Hall–Kier alpha value is -1.66. The van der Waals surface area contributed by atoms with Crippen molar-refractivity contribution in [1.82, 2.24) is 0 Å². The lowest BCUT2D eigenvalue weighted by molar-refractivity contribution is -0.144. The van der Waals surface area contributed by atoms with Crippen LogP contribution in [0.25, 0.3) is 0 Å². The Bertz CT molecular complexity index is 421. The molecule has 0 amide bonds. The highest BCUT2D eigenvalue weighted by molar-refractivity contribution is 5.69. The van der Waals surface area contributed by atoms with Gasteiger partial charge in [-0.05, 0) is 17.7 Å². The highest BCUT2D eigenvalue weighted by Gasteiger charge is 2.22. The molecule has 18 heavy (non-hydrogen) atoms. The number of hydrogen-bond donors (Lipinski definition) is 2. The number of carbonyl (C=O) groups is 1. The standard InChI is InChI=1S/C12H15FO5/c1-17-9-4-7(3-8(13)5-9)12(16)10(14)6-11(15)18-2/h3-5,10,12,14,16H,6H2,1-2H3. The minimum absolute atomic E-state index is 0.128. The van der Waals surface area contributed by atoms with Crippen LogP contribution in [-0.4, -0.2) is 36.5 Å². The molecular formula is C12H15FO5. The molecule has 2 N–H and O–H groups in total. The van der Waals surface area contributed by atoms with Gasteiger partial charge in [0.25, 0.3) is 0 Å². The van der Waals surface area contributed by atoms with Crippen molar-refractivity contribution >= 4 is 5.97 Å². The first-order valence-electron chi connectivity index (χ1n) is 5.25. The van der Waals surface area contributed by atoms with Gasteiger partial charge >= 0.3 is 5.97 Å². The van der Waals surface area contributed by atoms with E-state index in [0.717, 1.165) is 12.1 Å². The van der Waals surface area contributed by atoms with Crippen LogP contribution in [0, 0.1) is 5.82 Å². The number of ether oxygens (including phenoxy) is 2. The molecule has 2 unspecified atom stereocenters. The van der Waals surface area contributed by atoms with Crippen LogP contribution in [0.4, 0.5) is 4.39 Å². The Morgan fingerprint density at radius 3 is 2.56 bits per heavy atom. The molecule has 1 rings (SSSR count). The van der Waals surface area contributed by atoms with Crippen LogP contribution in [0.3, 0.4) is 0 Å². The molecule has 0 radical (unpaired) electrons. The van der Waals surface area contributed by atoms with E-state index in [-0.39, 0.29) is 17.7 Å². The van der Waals surface area contributed by atoms with Crippen molar-refractivity contribution in [2.45, 2.75) is 18.6 Å². The summed E-state index contributed by atoms with van der Waals surface area (Å²) in [5, 5.41) is 19.4. The van der Waals surface area contributed by atoms with Crippen LogP contribution in [0.5, 0.6) is 5.75 Å². The molecule has 0 heterocycles. The lowest BCUT2D eigenvalue weighted by Gasteiger charge is -2.17. The SMILES string of the molecule is COC(=O)CC(O)C(O)c1cc(F)cc(OC)c1. The van der Waals surface area contributed by atoms with Gasteiger partial charge in [0.05, 0.1) is 26.7 Å². The van der Waals surface area contributed by atoms with E-state index in [1.165, 1.54) is 20.3 Å². The fourth-order valence-corrected chi connectivity index (χ4v) is 1.46. The summed E-state index contributed by atoms with van der Waals surface area (Å²) in [6, 6.07) is 3.59. The summed E-state index contributed by atoms with van der Waals surface area (Å²) in [5.41, 5.74) is 0.128. The van der Waals surface area contributed by atoms with Gasteiger partial charge in [-0.3, -0.25) is 4.79 Å². The van der Waals surface area contributed by atoms with Crippen molar-refractivity contribution in [3.8, 4) is 5.75 Å². The van der Waals surface area contributed by atoms with Gasteiger partial charge in [-0.2, -0.15) is 0 Å². The largest absolute Gasteiger partial charge is 0.497 e. The van der Waals surface area contributed by atoms with E-state index < -0.39 is 24.0 Å². The monoisotopic (exact) mass is 258 g/mol. The van der Waals surface area contributed by atoms with Crippen molar-refractivity contribution in [2.24, 2.45) is 0 Å². The second kappa shape index (κ2) is 6.32. The van der Waals surface area contributed by atoms with Crippen molar-refractivity contribution < 1.29 is 28.9 Å². The van der Waals surface area contributed by atoms with Crippen molar-refractivity contribution in [1.29, 1.82) is 0 Å². The van der Waals surface area contributed by atoms with Gasteiger partial charge in [0.1, 0.15) is 17.7 Å². The first kappa shape index (κ1) is 14.4. The van der Waals surface area contributed by atoms with Crippen LogP contribution >= 0.6 is 0 Å². The van der Waals surface area contributed by atoms with Gasteiger partial charge in [0.2, 0.25) is 0 Å². The summed E-state index contributed by atoms with van der Waals surface area (Å²) in [6.07, 6.45) is -3.14. The van der Waals surface area contributed by atoms with E-state index in [2.05, 4.69) is 4.74 Å². The molecule has 6 heteroatoms. The number of methoxy groups -OCH3 is 2. The van der Waals surface area contributed by atoms with Crippen LogP contribution in [-0.2, 0) is 9.53 Å². The molecule has 2 atom stereocenters. The van der Waals surface area contributed by atoms with Crippen LogP contribution in [0.2, 0.25) is 0 Å². The zero-order valence-corrected chi connectivity index (χ0v) is 10.1. The molecule has 0 bridgehead atoms. The Morgan fingerprint density at radius 1 is 1.33 bits per heavy atom. The average Bonchev–Trinajstić information content (AvgIpc) is 2.36. The first-order valence-corrected chi connectivity index (χ1v) is 5.25. The number of benzene rings is 1. The Morgan fingerprint density at radius 2 is 2.00 bits per heavy atom. The van der Waals surface area contributed by atoms with Gasteiger partial charge in [0, 0.05) is 6.07 Å². The highest BCUT2D eigenvalue weighted by atomic mass is 19.1. The summed E-state index contributed by atoms with van der Waals surface area (Å²) >= 11 is 0. The number of halogens is 1. The smallest absolute Gasteiger partial charge is 0.308 e. The number of carbonyl (C=O) groups excluding carboxylic acids is 1. The summed E-state index contributed by atoms with van der Waals surface area (Å²) in [7, 11) is 2.53. The molecule has 0 aliphatic heterocycles. The molecule has 5 nitrogen and oxygen atoms in total. The lowest BCUT2D eigenvalue weighted by Crippen LogP contribution is -2.22. The van der Waals surface area contributed by atoms with E-state index >= 15 is 0 Å². The Labute approximate surface area is 104 Å². The zero-order valence-electron chi connectivity index (χ0n) is 10.1. The molecule has 0 aliphatic rings. The van der Waals surface area contributed by atoms with E-state index in [1.807, 2.05) is 0 Å². The number of aliphatic hydroxyl groups excluding tert-OH is 2. The number of esters is 1. The second-order valence-corrected chi connectivity index (χ2v) is 3.72. The lowest BCUT2D eigenvalue weighted by atomic mass is 10.0. The third kappa shape index (κ3) is 3.68. The highest BCUT2D eigenvalue weighted by Crippen LogP contribution is 2.24. The minimum atomic E-state index is -1.39. The normalized spacial score (nSPS) is 13.8. The van der Waals surface area contributed by atoms with Gasteiger partial charge < -0.3 is 19.7 Å². The van der Waals surface area contributed by atoms with Gasteiger partial charge in [-0.15, -0.1) is 0 Å². The topological polar surface area (TPSA) is 76.0 Å². The van der Waals surface area contributed by atoms with Gasteiger partial charge in [-0.1, -0.05) is 0 Å². The molecule has 0 aromatic heterocycles. The third-order valence-corrected chi connectivity index (χ3v) is 2.44. The van der Waals surface area contributed by atoms with Crippen LogP contribution in [0.1, 0.15) is 18.1 Å². The predicted molar refractivity (Wildman–Crippen MR) is 60.6 cm³/mol.